The van der Waals surface area contributed by atoms with Gasteiger partial charge < -0.3 is 10.1 Å². The van der Waals surface area contributed by atoms with Gasteiger partial charge in [-0.05, 0) is 40.7 Å². The highest BCUT2D eigenvalue weighted by Gasteiger charge is 2.22. The molecule has 6 heteroatoms. The number of nitrogens with one attached hydrogen (secondary N) is 2. The molecular formula is C11H26N2O3S. The standard InChI is InChI=1S/C11H26N2O3S/c1-10(2,13-17(6,14)15)9-12-8-7-11(3,4)16-5/h12-13H,7-9H2,1-6H3. The maximum Gasteiger partial charge on any atom is 0.209 e. The van der Waals surface area contributed by atoms with Gasteiger partial charge in [-0.2, -0.15) is 0 Å². The molecule has 0 unspecified atom stereocenters. The first-order chi connectivity index (χ1) is 7.47. The molecular weight excluding hydrogens is 240 g/mol. The Kier molecular flexibility index (Phi) is 6.07. The van der Waals surface area contributed by atoms with E-state index >= 15 is 0 Å². The third kappa shape index (κ3) is 9.52. The summed E-state index contributed by atoms with van der Waals surface area (Å²) in [5.41, 5.74) is -0.633. The van der Waals surface area contributed by atoms with Crippen molar-refractivity contribution in [3.8, 4) is 0 Å². The van der Waals surface area contributed by atoms with Gasteiger partial charge in [0.25, 0.3) is 0 Å². The van der Waals surface area contributed by atoms with Crippen molar-refractivity contribution >= 4 is 10.0 Å². The number of sulfonamides is 1. The highest BCUT2D eigenvalue weighted by atomic mass is 32.2. The Morgan fingerprint density at radius 1 is 1.18 bits per heavy atom. The molecule has 0 spiro atoms. The van der Waals surface area contributed by atoms with Gasteiger partial charge in [-0.25, -0.2) is 13.1 Å². The first kappa shape index (κ1) is 16.8. The Hall–Kier alpha value is -0.170. The average Bonchev–Trinajstić information content (AvgIpc) is 2.09. The molecule has 0 fully saturated rings. The van der Waals surface area contributed by atoms with E-state index < -0.39 is 15.6 Å². The second-order valence-corrected chi connectivity index (χ2v) is 7.40. The van der Waals surface area contributed by atoms with Crippen molar-refractivity contribution < 1.29 is 13.2 Å². The summed E-state index contributed by atoms with van der Waals surface area (Å²) in [4.78, 5) is 0. The normalized spacial score (nSPS) is 14.0. The van der Waals surface area contributed by atoms with Gasteiger partial charge in [0.15, 0.2) is 0 Å². The molecule has 2 N–H and O–H groups in total. The molecule has 17 heavy (non-hydrogen) atoms. The monoisotopic (exact) mass is 266 g/mol. The molecule has 0 aliphatic rings. The highest BCUT2D eigenvalue weighted by molar-refractivity contribution is 7.88. The van der Waals surface area contributed by atoms with E-state index in [1.54, 1.807) is 7.11 Å². The van der Waals surface area contributed by atoms with Crippen LogP contribution in [0.3, 0.4) is 0 Å². The van der Waals surface area contributed by atoms with E-state index in [0.717, 1.165) is 13.0 Å². The van der Waals surface area contributed by atoms with Crippen LogP contribution < -0.4 is 10.0 Å². The van der Waals surface area contributed by atoms with Crippen LogP contribution in [0.5, 0.6) is 0 Å². The van der Waals surface area contributed by atoms with Crippen LogP contribution in [0.4, 0.5) is 0 Å². The van der Waals surface area contributed by atoms with E-state index in [2.05, 4.69) is 10.0 Å². The van der Waals surface area contributed by atoms with E-state index in [9.17, 15) is 8.42 Å². The molecule has 0 atom stereocenters. The third-order valence-electron chi connectivity index (χ3n) is 2.49. The van der Waals surface area contributed by atoms with E-state index in [4.69, 9.17) is 4.74 Å². The summed E-state index contributed by atoms with van der Waals surface area (Å²) in [6, 6.07) is 0. The summed E-state index contributed by atoms with van der Waals surface area (Å²) in [5, 5.41) is 3.23. The first-order valence-corrected chi connectivity index (χ1v) is 7.61. The molecule has 0 bridgehead atoms. The zero-order chi connectivity index (χ0) is 13.7. The Bertz CT molecular complexity index is 324. The number of rotatable bonds is 8. The predicted octanol–water partition coefficient (Wildman–Crippen LogP) is 0.719. The van der Waals surface area contributed by atoms with Gasteiger partial charge in [0, 0.05) is 19.2 Å². The fraction of sp³-hybridized carbons (Fsp3) is 1.00. The quantitative estimate of drug-likeness (QED) is 0.635. The second-order valence-electron chi connectivity index (χ2n) is 5.65. The van der Waals surface area contributed by atoms with Gasteiger partial charge in [0.05, 0.1) is 11.9 Å². The fourth-order valence-corrected chi connectivity index (χ4v) is 2.51. The van der Waals surface area contributed by atoms with Crippen LogP contribution >= 0.6 is 0 Å². The van der Waals surface area contributed by atoms with Crippen LogP contribution in [0.1, 0.15) is 34.1 Å². The summed E-state index contributed by atoms with van der Waals surface area (Å²) < 4.78 is 30.1. The lowest BCUT2D eigenvalue weighted by atomic mass is 10.0. The lowest BCUT2D eigenvalue weighted by Gasteiger charge is -2.27. The van der Waals surface area contributed by atoms with Gasteiger partial charge in [0.1, 0.15) is 0 Å². The molecule has 0 aliphatic heterocycles. The fourth-order valence-electron chi connectivity index (χ4n) is 1.43. The molecule has 5 nitrogen and oxygen atoms in total. The van der Waals surface area contributed by atoms with Crippen molar-refractivity contribution in [2.45, 2.75) is 45.3 Å². The molecule has 0 aromatic carbocycles. The minimum absolute atomic E-state index is 0.151. The van der Waals surface area contributed by atoms with Crippen LogP contribution in [0, 0.1) is 0 Å². The van der Waals surface area contributed by atoms with E-state index in [1.807, 2.05) is 27.7 Å². The van der Waals surface area contributed by atoms with Crippen molar-refractivity contribution in [3.05, 3.63) is 0 Å². The Balaban J connectivity index is 3.96. The van der Waals surface area contributed by atoms with Crippen molar-refractivity contribution in [3.63, 3.8) is 0 Å². The van der Waals surface area contributed by atoms with E-state index in [0.29, 0.717) is 6.54 Å². The van der Waals surface area contributed by atoms with Crippen LogP contribution in [-0.2, 0) is 14.8 Å². The zero-order valence-corrected chi connectivity index (χ0v) is 12.6. The Morgan fingerprint density at radius 2 is 1.71 bits per heavy atom. The number of hydrogen-bond donors (Lipinski definition) is 2. The van der Waals surface area contributed by atoms with Crippen LogP contribution in [-0.4, -0.2) is 46.0 Å². The molecule has 0 aliphatic carbocycles. The average molecular weight is 266 g/mol. The molecule has 0 radical (unpaired) electrons. The summed E-state index contributed by atoms with van der Waals surface area (Å²) in [6.07, 6.45) is 2.04. The largest absolute Gasteiger partial charge is 0.379 e. The maximum absolute atomic E-state index is 11.1. The number of methoxy groups -OCH3 is 1. The van der Waals surface area contributed by atoms with Gasteiger partial charge in [-0.3, -0.25) is 0 Å². The summed E-state index contributed by atoms with van der Waals surface area (Å²) >= 11 is 0. The van der Waals surface area contributed by atoms with Crippen molar-refractivity contribution in [2.75, 3.05) is 26.5 Å². The molecule has 0 rings (SSSR count). The minimum Gasteiger partial charge on any atom is -0.379 e. The minimum atomic E-state index is -3.17. The summed E-state index contributed by atoms with van der Waals surface area (Å²) in [7, 11) is -1.48. The van der Waals surface area contributed by atoms with Gasteiger partial charge in [0.2, 0.25) is 10.0 Å². The zero-order valence-electron chi connectivity index (χ0n) is 11.8. The second kappa shape index (κ2) is 6.13. The summed E-state index contributed by atoms with van der Waals surface area (Å²) in [6.45, 7) is 9.11. The predicted molar refractivity (Wildman–Crippen MR) is 70.6 cm³/mol. The van der Waals surface area contributed by atoms with Gasteiger partial charge >= 0.3 is 0 Å². The van der Waals surface area contributed by atoms with Crippen molar-refractivity contribution in [1.82, 2.24) is 10.0 Å². The molecule has 0 aromatic heterocycles. The van der Waals surface area contributed by atoms with Gasteiger partial charge in [-0.15, -0.1) is 0 Å². The van der Waals surface area contributed by atoms with E-state index in [-0.39, 0.29) is 5.60 Å². The highest BCUT2D eigenvalue weighted by Crippen LogP contribution is 2.11. The lowest BCUT2D eigenvalue weighted by Crippen LogP contribution is -2.50. The topological polar surface area (TPSA) is 67.4 Å². The first-order valence-electron chi connectivity index (χ1n) is 5.72. The van der Waals surface area contributed by atoms with E-state index in [1.165, 1.54) is 6.26 Å². The Labute approximate surface area is 105 Å². The lowest BCUT2D eigenvalue weighted by molar-refractivity contribution is 0.0156. The molecule has 0 saturated heterocycles. The molecule has 0 amide bonds. The summed E-state index contributed by atoms with van der Waals surface area (Å²) in [5.74, 6) is 0. The molecule has 0 saturated carbocycles. The smallest absolute Gasteiger partial charge is 0.209 e. The van der Waals surface area contributed by atoms with Crippen molar-refractivity contribution in [2.24, 2.45) is 0 Å². The Morgan fingerprint density at radius 3 is 2.12 bits per heavy atom. The van der Waals surface area contributed by atoms with Crippen LogP contribution in [0.15, 0.2) is 0 Å². The molecule has 0 heterocycles. The van der Waals surface area contributed by atoms with Crippen LogP contribution in [0.25, 0.3) is 0 Å². The number of hydrogen-bond acceptors (Lipinski definition) is 4. The maximum atomic E-state index is 11.1. The van der Waals surface area contributed by atoms with Crippen LogP contribution in [0.2, 0.25) is 0 Å². The number of ether oxygens (including phenoxy) is 1. The van der Waals surface area contributed by atoms with Crippen molar-refractivity contribution in [1.29, 1.82) is 0 Å². The molecule has 0 aromatic rings. The third-order valence-corrected chi connectivity index (χ3v) is 3.41. The van der Waals surface area contributed by atoms with Gasteiger partial charge in [-0.1, -0.05) is 0 Å². The molecule has 104 valence electrons. The SMILES string of the molecule is COC(C)(C)CCNCC(C)(C)NS(C)(=O)=O.